The molecule has 0 saturated carbocycles. The minimum absolute atomic E-state index is 0.00705. The SMILES string of the molecule is Cc1ccc(CN2C(=O)COc3ccc(C(=O)Nc4cc(C)ccc4C)cc32)cc1. The highest BCUT2D eigenvalue weighted by molar-refractivity contribution is 6.07. The monoisotopic (exact) mass is 400 g/mol. The van der Waals surface area contributed by atoms with Gasteiger partial charge in [0, 0.05) is 11.3 Å². The molecule has 152 valence electrons. The molecule has 2 amide bonds. The van der Waals surface area contributed by atoms with Crippen LogP contribution in [0.3, 0.4) is 0 Å². The van der Waals surface area contributed by atoms with Crippen LogP contribution >= 0.6 is 0 Å². The first-order valence-electron chi connectivity index (χ1n) is 9.92. The highest BCUT2D eigenvalue weighted by atomic mass is 16.5. The molecule has 1 aliphatic rings. The lowest BCUT2D eigenvalue weighted by molar-refractivity contribution is -0.121. The van der Waals surface area contributed by atoms with Gasteiger partial charge in [-0.05, 0) is 61.7 Å². The Morgan fingerprint density at radius 2 is 1.70 bits per heavy atom. The van der Waals surface area contributed by atoms with Crippen molar-refractivity contribution >= 4 is 23.2 Å². The first kappa shape index (κ1) is 19.7. The molecule has 0 bridgehead atoms. The molecule has 0 unspecified atom stereocenters. The average Bonchev–Trinajstić information content (AvgIpc) is 2.74. The van der Waals surface area contributed by atoms with Crippen molar-refractivity contribution in [1.82, 2.24) is 0 Å². The topological polar surface area (TPSA) is 58.6 Å². The van der Waals surface area contributed by atoms with Crippen LogP contribution in [0.1, 0.15) is 32.6 Å². The van der Waals surface area contributed by atoms with E-state index < -0.39 is 0 Å². The summed E-state index contributed by atoms with van der Waals surface area (Å²) in [5.41, 5.74) is 6.12. The zero-order valence-corrected chi connectivity index (χ0v) is 17.4. The van der Waals surface area contributed by atoms with Crippen LogP contribution in [-0.2, 0) is 11.3 Å². The molecule has 0 saturated heterocycles. The zero-order chi connectivity index (χ0) is 21.3. The van der Waals surface area contributed by atoms with Gasteiger partial charge < -0.3 is 15.0 Å². The number of fused-ring (bicyclic) bond motifs is 1. The van der Waals surface area contributed by atoms with Crippen LogP contribution in [0.4, 0.5) is 11.4 Å². The summed E-state index contributed by atoms with van der Waals surface area (Å²) in [6.07, 6.45) is 0. The van der Waals surface area contributed by atoms with Gasteiger partial charge in [-0.1, -0.05) is 42.0 Å². The largest absolute Gasteiger partial charge is 0.482 e. The molecule has 0 atom stereocenters. The minimum atomic E-state index is -0.222. The van der Waals surface area contributed by atoms with E-state index in [1.165, 1.54) is 0 Å². The van der Waals surface area contributed by atoms with E-state index in [1.54, 1.807) is 23.1 Å². The molecule has 1 aliphatic heterocycles. The number of rotatable bonds is 4. The third-order valence-electron chi connectivity index (χ3n) is 5.27. The maximum absolute atomic E-state index is 12.9. The van der Waals surface area contributed by atoms with Crippen LogP contribution in [0.25, 0.3) is 0 Å². The second kappa shape index (κ2) is 8.03. The molecule has 3 aromatic carbocycles. The fourth-order valence-electron chi connectivity index (χ4n) is 3.46. The quantitative estimate of drug-likeness (QED) is 0.685. The maximum atomic E-state index is 12.9. The molecule has 5 nitrogen and oxygen atoms in total. The van der Waals surface area contributed by atoms with Crippen molar-refractivity contribution in [2.24, 2.45) is 0 Å². The summed E-state index contributed by atoms with van der Waals surface area (Å²) in [6.45, 7) is 6.39. The van der Waals surface area contributed by atoms with Crippen LogP contribution in [0, 0.1) is 20.8 Å². The summed E-state index contributed by atoms with van der Waals surface area (Å²) in [4.78, 5) is 27.2. The van der Waals surface area contributed by atoms with Crippen LogP contribution < -0.4 is 15.0 Å². The molecular weight excluding hydrogens is 376 g/mol. The molecule has 5 heteroatoms. The maximum Gasteiger partial charge on any atom is 0.265 e. The van der Waals surface area contributed by atoms with Crippen molar-refractivity contribution in [2.75, 3.05) is 16.8 Å². The van der Waals surface area contributed by atoms with Crippen LogP contribution in [-0.4, -0.2) is 18.4 Å². The highest BCUT2D eigenvalue weighted by Gasteiger charge is 2.27. The second-order valence-electron chi connectivity index (χ2n) is 7.71. The summed E-state index contributed by atoms with van der Waals surface area (Å²) >= 11 is 0. The van der Waals surface area contributed by atoms with Crippen molar-refractivity contribution in [3.63, 3.8) is 0 Å². The van der Waals surface area contributed by atoms with E-state index in [9.17, 15) is 9.59 Å². The number of hydrogen-bond donors (Lipinski definition) is 1. The highest BCUT2D eigenvalue weighted by Crippen LogP contribution is 2.34. The molecule has 0 fully saturated rings. The molecule has 3 aromatic rings. The Morgan fingerprint density at radius 3 is 2.47 bits per heavy atom. The third-order valence-corrected chi connectivity index (χ3v) is 5.27. The predicted molar refractivity (Wildman–Crippen MR) is 118 cm³/mol. The molecule has 0 radical (unpaired) electrons. The molecular formula is C25H24N2O3. The number of benzene rings is 3. The number of nitrogens with one attached hydrogen (secondary N) is 1. The number of aryl methyl sites for hydroxylation is 3. The number of carbonyl (C=O) groups excluding carboxylic acids is 2. The van der Waals surface area contributed by atoms with Crippen molar-refractivity contribution in [2.45, 2.75) is 27.3 Å². The number of anilines is 2. The molecule has 0 spiro atoms. The summed E-state index contributed by atoms with van der Waals surface area (Å²) in [5, 5.41) is 2.97. The molecule has 0 aromatic heterocycles. The first-order chi connectivity index (χ1) is 14.4. The fraction of sp³-hybridized carbons (Fsp3) is 0.200. The van der Waals surface area contributed by atoms with Crippen molar-refractivity contribution < 1.29 is 14.3 Å². The van der Waals surface area contributed by atoms with Crippen molar-refractivity contribution in [3.8, 4) is 5.75 Å². The van der Waals surface area contributed by atoms with E-state index in [0.717, 1.165) is 27.9 Å². The summed E-state index contributed by atoms with van der Waals surface area (Å²) < 4.78 is 5.59. The zero-order valence-electron chi connectivity index (χ0n) is 17.4. The van der Waals surface area contributed by atoms with Gasteiger partial charge in [-0.3, -0.25) is 9.59 Å². The summed E-state index contributed by atoms with van der Waals surface area (Å²) in [5.74, 6) is 0.250. The normalized spacial score (nSPS) is 12.9. The van der Waals surface area contributed by atoms with Gasteiger partial charge in [0.2, 0.25) is 0 Å². The van der Waals surface area contributed by atoms with Gasteiger partial charge in [0.1, 0.15) is 5.75 Å². The number of ether oxygens (including phenoxy) is 1. The lowest BCUT2D eigenvalue weighted by atomic mass is 10.1. The second-order valence-corrected chi connectivity index (χ2v) is 7.71. The van der Waals surface area contributed by atoms with Gasteiger partial charge in [-0.2, -0.15) is 0 Å². The van der Waals surface area contributed by atoms with Crippen molar-refractivity contribution in [3.05, 3.63) is 88.5 Å². The lowest BCUT2D eigenvalue weighted by Gasteiger charge is -2.30. The smallest absolute Gasteiger partial charge is 0.265 e. The lowest BCUT2D eigenvalue weighted by Crippen LogP contribution is -2.38. The van der Waals surface area contributed by atoms with E-state index in [0.29, 0.717) is 23.5 Å². The van der Waals surface area contributed by atoms with E-state index in [-0.39, 0.29) is 18.4 Å². The standard InChI is InChI=1S/C25H24N2O3/c1-16-5-8-19(9-6-16)14-27-22-13-20(10-11-23(22)30-15-24(27)28)25(29)26-21-12-17(2)4-7-18(21)3/h4-13H,14-15H2,1-3H3,(H,26,29). The number of hydrogen-bond acceptors (Lipinski definition) is 3. The number of amides is 2. The Labute approximate surface area is 176 Å². The van der Waals surface area contributed by atoms with Gasteiger partial charge in [-0.15, -0.1) is 0 Å². The number of carbonyl (C=O) groups is 2. The Bertz CT molecular complexity index is 1120. The van der Waals surface area contributed by atoms with Crippen LogP contribution in [0.5, 0.6) is 5.75 Å². The van der Waals surface area contributed by atoms with E-state index in [1.807, 2.05) is 63.2 Å². The fourth-order valence-corrected chi connectivity index (χ4v) is 3.46. The minimum Gasteiger partial charge on any atom is -0.482 e. The van der Waals surface area contributed by atoms with E-state index in [4.69, 9.17) is 4.74 Å². The van der Waals surface area contributed by atoms with Crippen molar-refractivity contribution in [1.29, 1.82) is 0 Å². The predicted octanol–water partition coefficient (Wildman–Crippen LogP) is 4.79. The van der Waals surface area contributed by atoms with E-state index >= 15 is 0 Å². The molecule has 1 heterocycles. The first-order valence-corrected chi connectivity index (χ1v) is 9.92. The Hall–Kier alpha value is -3.60. The van der Waals surface area contributed by atoms with Crippen LogP contribution in [0.15, 0.2) is 60.7 Å². The van der Waals surface area contributed by atoms with Gasteiger partial charge >= 0.3 is 0 Å². The van der Waals surface area contributed by atoms with Gasteiger partial charge in [0.25, 0.3) is 11.8 Å². The van der Waals surface area contributed by atoms with Gasteiger partial charge in [-0.25, -0.2) is 0 Å². The third kappa shape index (κ3) is 4.06. The summed E-state index contributed by atoms with van der Waals surface area (Å²) in [7, 11) is 0. The Balaban J connectivity index is 1.62. The molecule has 0 aliphatic carbocycles. The Morgan fingerprint density at radius 1 is 0.967 bits per heavy atom. The Kier molecular flexibility index (Phi) is 5.27. The molecule has 30 heavy (non-hydrogen) atoms. The molecule has 4 rings (SSSR count). The van der Waals surface area contributed by atoms with Crippen LogP contribution in [0.2, 0.25) is 0 Å². The number of nitrogens with zero attached hydrogens (tertiary/aromatic N) is 1. The van der Waals surface area contributed by atoms with Gasteiger partial charge in [0.15, 0.2) is 6.61 Å². The van der Waals surface area contributed by atoms with E-state index in [2.05, 4.69) is 5.32 Å². The molecule has 1 N–H and O–H groups in total. The van der Waals surface area contributed by atoms with Gasteiger partial charge in [0.05, 0.1) is 12.2 Å². The summed E-state index contributed by atoms with van der Waals surface area (Å²) in [6, 6.07) is 19.2. The average molecular weight is 400 g/mol.